The molecular weight excluding hydrogens is 217 g/mol. The number of hydrogen-bond acceptors (Lipinski definition) is 1. The zero-order chi connectivity index (χ0) is 12.7. The van der Waals surface area contributed by atoms with E-state index in [9.17, 15) is 18.3 Å². The molecule has 0 unspecified atom stereocenters. The van der Waals surface area contributed by atoms with Gasteiger partial charge in [-0.25, -0.2) is 0 Å². The second kappa shape index (κ2) is 3.68. The summed E-state index contributed by atoms with van der Waals surface area (Å²) in [5.74, 6) is -0.306. The molecule has 0 heterocycles. The van der Waals surface area contributed by atoms with Crippen LogP contribution in [0.25, 0.3) is 0 Å². The fourth-order valence-electron chi connectivity index (χ4n) is 1.43. The number of halogens is 3. The summed E-state index contributed by atoms with van der Waals surface area (Å²) in [6.07, 6.45) is -4.43. The van der Waals surface area contributed by atoms with Crippen molar-refractivity contribution in [1.82, 2.24) is 0 Å². The van der Waals surface area contributed by atoms with Crippen molar-refractivity contribution < 1.29 is 18.3 Å². The van der Waals surface area contributed by atoms with Gasteiger partial charge in [-0.15, -0.1) is 0 Å². The summed E-state index contributed by atoms with van der Waals surface area (Å²) in [6, 6.07) is 2.50. The molecule has 0 saturated carbocycles. The third kappa shape index (κ3) is 2.49. The van der Waals surface area contributed by atoms with Crippen LogP contribution in [0.2, 0.25) is 0 Å². The highest BCUT2D eigenvalue weighted by Gasteiger charge is 2.34. The highest BCUT2D eigenvalue weighted by atomic mass is 19.4. The lowest BCUT2D eigenvalue weighted by Crippen LogP contribution is -2.15. The summed E-state index contributed by atoms with van der Waals surface area (Å²) in [6.45, 7) is 6.68. The molecule has 0 spiro atoms. The number of aromatic hydroxyl groups is 1. The maximum Gasteiger partial charge on any atom is 0.416 e. The number of alkyl halides is 3. The third-order valence-corrected chi connectivity index (χ3v) is 2.55. The summed E-state index contributed by atoms with van der Waals surface area (Å²) in [4.78, 5) is 0. The molecule has 0 aliphatic rings. The van der Waals surface area contributed by atoms with Crippen LogP contribution < -0.4 is 0 Å². The molecule has 0 amide bonds. The van der Waals surface area contributed by atoms with Crippen molar-refractivity contribution in [3.05, 3.63) is 28.8 Å². The molecule has 0 fully saturated rings. The van der Waals surface area contributed by atoms with Crippen LogP contribution in [-0.4, -0.2) is 5.11 Å². The minimum absolute atomic E-state index is 0.125. The van der Waals surface area contributed by atoms with E-state index in [0.717, 1.165) is 6.07 Å². The van der Waals surface area contributed by atoms with Gasteiger partial charge in [0.25, 0.3) is 0 Å². The monoisotopic (exact) mass is 232 g/mol. The lowest BCUT2D eigenvalue weighted by molar-refractivity contribution is -0.138. The van der Waals surface area contributed by atoms with Crippen molar-refractivity contribution in [3.8, 4) is 5.75 Å². The van der Waals surface area contributed by atoms with E-state index in [1.165, 1.54) is 13.0 Å². The van der Waals surface area contributed by atoms with Gasteiger partial charge in [-0.2, -0.15) is 13.2 Å². The molecule has 1 rings (SSSR count). The molecule has 4 heteroatoms. The first-order chi connectivity index (χ1) is 7.03. The summed E-state index contributed by atoms with van der Waals surface area (Å²) < 4.78 is 38.1. The molecular formula is C12H15F3O. The lowest BCUT2D eigenvalue weighted by Gasteiger charge is -2.22. The van der Waals surface area contributed by atoms with Gasteiger partial charge >= 0.3 is 6.18 Å². The first-order valence-corrected chi connectivity index (χ1v) is 4.95. The smallest absolute Gasteiger partial charge is 0.416 e. The van der Waals surface area contributed by atoms with Gasteiger partial charge in [-0.1, -0.05) is 20.8 Å². The molecule has 0 aliphatic heterocycles. The third-order valence-electron chi connectivity index (χ3n) is 2.55. The first-order valence-electron chi connectivity index (χ1n) is 4.95. The molecule has 1 aromatic rings. The van der Waals surface area contributed by atoms with Gasteiger partial charge in [0.1, 0.15) is 5.75 Å². The molecule has 0 aliphatic carbocycles. The average Bonchev–Trinajstić information content (AvgIpc) is 2.05. The van der Waals surface area contributed by atoms with Crippen LogP contribution in [0.3, 0.4) is 0 Å². The summed E-state index contributed by atoms with van der Waals surface area (Å²) in [5.41, 5.74) is -0.841. The molecule has 0 atom stereocenters. The normalized spacial score (nSPS) is 12.9. The Hall–Kier alpha value is -1.19. The van der Waals surface area contributed by atoms with Crippen molar-refractivity contribution in [2.75, 3.05) is 0 Å². The predicted molar refractivity (Wildman–Crippen MR) is 56.5 cm³/mol. The topological polar surface area (TPSA) is 20.2 Å². The Bertz CT molecular complexity index is 400. The summed E-state index contributed by atoms with van der Waals surface area (Å²) in [5, 5.41) is 9.51. The van der Waals surface area contributed by atoms with E-state index in [0.29, 0.717) is 5.56 Å². The first kappa shape index (κ1) is 12.9. The Morgan fingerprint density at radius 2 is 1.56 bits per heavy atom. The van der Waals surface area contributed by atoms with E-state index < -0.39 is 17.2 Å². The SMILES string of the molecule is Cc1c(O)cc(C(C)(C)C)cc1C(F)(F)F. The predicted octanol–water partition coefficient (Wildman–Crippen LogP) is 4.02. The maximum atomic E-state index is 12.7. The second-order valence-electron chi connectivity index (χ2n) is 4.92. The van der Waals surface area contributed by atoms with Crippen LogP contribution in [0.4, 0.5) is 13.2 Å². The highest BCUT2D eigenvalue weighted by molar-refractivity contribution is 5.45. The molecule has 0 saturated heterocycles. The van der Waals surface area contributed by atoms with Gasteiger partial charge < -0.3 is 5.11 Å². The second-order valence-corrected chi connectivity index (χ2v) is 4.92. The van der Waals surface area contributed by atoms with Gasteiger partial charge in [0.15, 0.2) is 0 Å². The van der Waals surface area contributed by atoms with E-state index in [-0.39, 0.29) is 11.3 Å². The fraction of sp³-hybridized carbons (Fsp3) is 0.500. The van der Waals surface area contributed by atoms with Crippen molar-refractivity contribution in [3.63, 3.8) is 0 Å². The van der Waals surface area contributed by atoms with Gasteiger partial charge in [0.05, 0.1) is 5.56 Å². The number of benzene rings is 1. The van der Waals surface area contributed by atoms with Crippen LogP contribution >= 0.6 is 0 Å². The van der Waals surface area contributed by atoms with E-state index >= 15 is 0 Å². The van der Waals surface area contributed by atoms with Gasteiger partial charge in [0, 0.05) is 5.56 Å². The minimum atomic E-state index is -4.43. The number of phenolic OH excluding ortho intramolecular Hbond substituents is 1. The number of hydrogen-bond donors (Lipinski definition) is 1. The Morgan fingerprint density at radius 1 is 1.06 bits per heavy atom. The fourth-order valence-corrected chi connectivity index (χ4v) is 1.43. The molecule has 0 bridgehead atoms. The highest BCUT2D eigenvalue weighted by Crippen LogP contribution is 2.38. The maximum absolute atomic E-state index is 12.7. The Kier molecular flexibility index (Phi) is 2.96. The Morgan fingerprint density at radius 3 is 1.94 bits per heavy atom. The Balaban J connectivity index is 3.46. The van der Waals surface area contributed by atoms with Crippen LogP contribution in [0.1, 0.15) is 37.5 Å². The quantitative estimate of drug-likeness (QED) is 0.716. The van der Waals surface area contributed by atoms with Gasteiger partial charge in [0.2, 0.25) is 0 Å². The van der Waals surface area contributed by atoms with E-state index in [1.807, 2.05) is 0 Å². The standard InChI is InChI=1S/C12H15F3O/c1-7-9(12(13,14)15)5-8(6-10(7)16)11(2,3)4/h5-6,16H,1-4H3. The van der Waals surface area contributed by atoms with Gasteiger partial charge in [-0.05, 0) is 30.0 Å². The molecule has 16 heavy (non-hydrogen) atoms. The number of phenols is 1. The van der Waals surface area contributed by atoms with E-state index in [2.05, 4.69) is 0 Å². The van der Waals surface area contributed by atoms with Crippen LogP contribution in [0.15, 0.2) is 12.1 Å². The van der Waals surface area contributed by atoms with Crippen molar-refractivity contribution in [1.29, 1.82) is 0 Å². The van der Waals surface area contributed by atoms with Crippen LogP contribution in [0, 0.1) is 6.92 Å². The zero-order valence-corrected chi connectivity index (χ0v) is 9.74. The van der Waals surface area contributed by atoms with Crippen molar-refractivity contribution in [2.45, 2.75) is 39.3 Å². The number of rotatable bonds is 0. The molecule has 1 nitrogen and oxygen atoms in total. The average molecular weight is 232 g/mol. The van der Waals surface area contributed by atoms with E-state index in [4.69, 9.17) is 0 Å². The molecule has 0 aromatic heterocycles. The van der Waals surface area contributed by atoms with Crippen LogP contribution in [0.5, 0.6) is 5.75 Å². The lowest BCUT2D eigenvalue weighted by atomic mass is 9.85. The Labute approximate surface area is 92.9 Å². The van der Waals surface area contributed by atoms with Crippen molar-refractivity contribution in [2.24, 2.45) is 0 Å². The minimum Gasteiger partial charge on any atom is -0.508 e. The largest absolute Gasteiger partial charge is 0.508 e. The van der Waals surface area contributed by atoms with Crippen LogP contribution in [-0.2, 0) is 11.6 Å². The molecule has 0 radical (unpaired) electrons. The molecule has 1 N–H and O–H groups in total. The van der Waals surface area contributed by atoms with Crippen molar-refractivity contribution >= 4 is 0 Å². The van der Waals surface area contributed by atoms with E-state index in [1.54, 1.807) is 20.8 Å². The molecule has 1 aromatic carbocycles. The zero-order valence-electron chi connectivity index (χ0n) is 9.74. The summed E-state index contributed by atoms with van der Waals surface area (Å²) in [7, 11) is 0. The van der Waals surface area contributed by atoms with Gasteiger partial charge in [-0.3, -0.25) is 0 Å². The summed E-state index contributed by atoms with van der Waals surface area (Å²) >= 11 is 0. The molecule has 90 valence electrons.